The zero-order chi connectivity index (χ0) is 24.2. The van der Waals surface area contributed by atoms with Crippen LogP contribution in [0.25, 0.3) is 0 Å². The van der Waals surface area contributed by atoms with Crippen LogP contribution in [-0.4, -0.2) is 47.2 Å². The summed E-state index contributed by atoms with van der Waals surface area (Å²) in [5.74, 6) is 1.24. The van der Waals surface area contributed by atoms with Crippen molar-refractivity contribution in [2.24, 2.45) is 0 Å². The highest BCUT2D eigenvalue weighted by Crippen LogP contribution is 2.40. The molecule has 0 aromatic heterocycles. The van der Waals surface area contributed by atoms with Gasteiger partial charge in [-0.25, -0.2) is 4.79 Å². The summed E-state index contributed by atoms with van der Waals surface area (Å²) in [7, 11) is 0. The Morgan fingerprint density at radius 2 is 1.85 bits per heavy atom. The number of rotatable bonds is 6. The second kappa shape index (κ2) is 10.1. The predicted molar refractivity (Wildman–Crippen MR) is 128 cm³/mol. The van der Waals surface area contributed by atoms with Crippen LogP contribution in [0.5, 0.6) is 11.5 Å². The molecule has 33 heavy (non-hydrogen) atoms. The third-order valence-electron chi connectivity index (χ3n) is 5.58. The zero-order valence-electron chi connectivity index (χ0n) is 20.0. The van der Waals surface area contributed by atoms with Gasteiger partial charge in [0, 0.05) is 31.3 Å². The monoisotopic (exact) mass is 455 g/mol. The van der Waals surface area contributed by atoms with E-state index in [4.69, 9.17) is 9.47 Å². The Morgan fingerprint density at radius 3 is 2.45 bits per heavy atom. The Balaban J connectivity index is 1.92. The van der Waals surface area contributed by atoms with Gasteiger partial charge in [0.1, 0.15) is 22.8 Å². The first-order valence-corrected chi connectivity index (χ1v) is 11.4. The minimum absolute atomic E-state index is 0.0360. The number of nitro benzene ring substituents is 1. The van der Waals surface area contributed by atoms with Crippen molar-refractivity contribution in [3.05, 3.63) is 58.1 Å². The molecule has 1 amide bonds. The van der Waals surface area contributed by atoms with Crippen molar-refractivity contribution in [3.8, 4) is 11.5 Å². The van der Waals surface area contributed by atoms with Crippen LogP contribution in [0.4, 0.5) is 16.2 Å². The molecule has 0 spiro atoms. The molecule has 178 valence electrons. The van der Waals surface area contributed by atoms with E-state index in [1.165, 1.54) is 6.07 Å². The van der Waals surface area contributed by atoms with Gasteiger partial charge in [0.25, 0.3) is 5.69 Å². The molecule has 1 heterocycles. The van der Waals surface area contributed by atoms with Crippen LogP contribution in [0.15, 0.2) is 42.5 Å². The molecule has 0 radical (unpaired) electrons. The molecule has 0 unspecified atom stereocenters. The van der Waals surface area contributed by atoms with E-state index in [0.29, 0.717) is 42.4 Å². The minimum atomic E-state index is -0.580. The van der Waals surface area contributed by atoms with Crippen LogP contribution in [0.1, 0.15) is 46.1 Å². The fourth-order valence-corrected chi connectivity index (χ4v) is 4.14. The topological polar surface area (TPSA) is 85.2 Å². The molecule has 0 saturated carbocycles. The number of benzene rings is 2. The number of carbonyl (C=O) groups excluding carboxylic acids is 1. The van der Waals surface area contributed by atoms with Gasteiger partial charge in [-0.2, -0.15) is 0 Å². The number of hydrogen-bond acceptors (Lipinski definition) is 6. The fraction of sp³-hybridized carbons (Fsp3) is 0.480. The molecule has 1 aliphatic rings. The standard InChI is InChI=1S/C25H33N3O5/c1-6-10-19-17-26(15-16-27(19)24(29)33-25(3,4)5)23-18(2)22(14-13-21(23)28(30)31)32-20-11-8-7-9-12-20/h7-9,11-14,19H,6,10,15-17H2,1-5H3/t19-/m0/s1. The molecule has 0 N–H and O–H groups in total. The molecule has 0 aliphatic carbocycles. The highest BCUT2D eigenvalue weighted by Gasteiger charge is 2.35. The molecule has 1 atom stereocenters. The molecule has 8 heteroatoms. The quantitative estimate of drug-likeness (QED) is 0.397. The van der Waals surface area contributed by atoms with Gasteiger partial charge in [-0.05, 0) is 52.3 Å². The highest BCUT2D eigenvalue weighted by molar-refractivity contribution is 5.73. The SMILES string of the molecule is CCC[C@H]1CN(c2c([N+](=O)[O-])ccc(Oc3ccccc3)c2C)CCN1C(=O)OC(C)(C)C. The summed E-state index contributed by atoms with van der Waals surface area (Å²) in [5, 5.41) is 11.9. The Hall–Kier alpha value is -3.29. The number of hydrogen-bond donors (Lipinski definition) is 0. The van der Waals surface area contributed by atoms with Crippen LogP contribution < -0.4 is 9.64 Å². The lowest BCUT2D eigenvalue weighted by Gasteiger charge is -2.42. The predicted octanol–water partition coefficient (Wildman–Crippen LogP) is 5.92. The number of amides is 1. The Bertz CT molecular complexity index is 988. The minimum Gasteiger partial charge on any atom is -0.457 e. The maximum absolute atomic E-state index is 12.8. The average Bonchev–Trinajstić information content (AvgIpc) is 2.74. The first-order valence-electron chi connectivity index (χ1n) is 11.4. The molecule has 1 aliphatic heterocycles. The largest absolute Gasteiger partial charge is 0.457 e. The Kier molecular flexibility index (Phi) is 7.46. The summed E-state index contributed by atoms with van der Waals surface area (Å²) in [6.45, 7) is 10.8. The number of ether oxygens (including phenoxy) is 2. The number of para-hydroxylation sites is 1. The lowest BCUT2D eigenvalue weighted by atomic mass is 10.0. The smallest absolute Gasteiger partial charge is 0.410 e. The van der Waals surface area contributed by atoms with Gasteiger partial charge in [0.2, 0.25) is 0 Å². The van der Waals surface area contributed by atoms with E-state index in [1.807, 2.05) is 62.9 Å². The van der Waals surface area contributed by atoms with E-state index in [2.05, 4.69) is 6.92 Å². The lowest BCUT2D eigenvalue weighted by molar-refractivity contribution is -0.384. The molecule has 0 bridgehead atoms. The fourth-order valence-electron chi connectivity index (χ4n) is 4.14. The third kappa shape index (κ3) is 5.94. The summed E-state index contributed by atoms with van der Waals surface area (Å²) in [6.07, 6.45) is 1.33. The van der Waals surface area contributed by atoms with E-state index in [9.17, 15) is 14.9 Å². The van der Waals surface area contributed by atoms with Crippen LogP contribution >= 0.6 is 0 Å². The summed E-state index contributed by atoms with van der Waals surface area (Å²) in [6, 6.07) is 12.4. The molecule has 1 fully saturated rings. The van der Waals surface area contributed by atoms with Crippen LogP contribution in [0.3, 0.4) is 0 Å². The van der Waals surface area contributed by atoms with Gasteiger partial charge in [-0.1, -0.05) is 31.5 Å². The van der Waals surface area contributed by atoms with Gasteiger partial charge in [0.15, 0.2) is 0 Å². The number of nitrogens with zero attached hydrogens (tertiary/aromatic N) is 3. The van der Waals surface area contributed by atoms with E-state index >= 15 is 0 Å². The molecule has 2 aromatic carbocycles. The first kappa shape index (κ1) is 24.4. The number of piperazine rings is 1. The lowest BCUT2D eigenvalue weighted by Crippen LogP contribution is -2.56. The van der Waals surface area contributed by atoms with Gasteiger partial charge >= 0.3 is 6.09 Å². The number of carbonyl (C=O) groups is 1. The maximum Gasteiger partial charge on any atom is 0.410 e. The van der Waals surface area contributed by atoms with E-state index < -0.39 is 5.60 Å². The molecule has 1 saturated heterocycles. The van der Waals surface area contributed by atoms with Crippen molar-refractivity contribution in [3.63, 3.8) is 0 Å². The van der Waals surface area contributed by atoms with Gasteiger partial charge in [-0.3, -0.25) is 10.1 Å². The molecular formula is C25H33N3O5. The number of anilines is 1. The summed E-state index contributed by atoms with van der Waals surface area (Å²) >= 11 is 0. The van der Waals surface area contributed by atoms with Gasteiger partial charge < -0.3 is 19.3 Å². The third-order valence-corrected chi connectivity index (χ3v) is 5.58. The Labute approximate surface area is 195 Å². The van der Waals surface area contributed by atoms with E-state index in [-0.39, 0.29) is 22.7 Å². The van der Waals surface area contributed by atoms with E-state index in [1.54, 1.807) is 11.0 Å². The zero-order valence-corrected chi connectivity index (χ0v) is 20.0. The van der Waals surface area contributed by atoms with Crippen molar-refractivity contribution < 1.29 is 19.2 Å². The van der Waals surface area contributed by atoms with Crippen LogP contribution in [0, 0.1) is 17.0 Å². The second-order valence-electron chi connectivity index (χ2n) is 9.29. The van der Waals surface area contributed by atoms with Crippen molar-refractivity contribution in [1.82, 2.24) is 4.90 Å². The number of nitro groups is 1. The van der Waals surface area contributed by atoms with Crippen LogP contribution in [-0.2, 0) is 4.74 Å². The molecule has 8 nitrogen and oxygen atoms in total. The summed E-state index contributed by atoms with van der Waals surface area (Å²) in [5.41, 5.74) is 0.699. The van der Waals surface area contributed by atoms with E-state index in [0.717, 1.165) is 12.8 Å². The van der Waals surface area contributed by atoms with Gasteiger partial charge in [0.05, 0.1) is 11.0 Å². The average molecular weight is 456 g/mol. The molecule has 2 aromatic rings. The maximum atomic E-state index is 12.8. The first-order chi connectivity index (χ1) is 15.6. The van der Waals surface area contributed by atoms with Crippen molar-refractivity contribution in [2.45, 2.75) is 59.1 Å². The van der Waals surface area contributed by atoms with Crippen molar-refractivity contribution in [1.29, 1.82) is 0 Å². The highest BCUT2D eigenvalue weighted by atomic mass is 16.6. The second-order valence-corrected chi connectivity index (χ2v) is 9.29. The molecule has 3 rings (SSSR count). The normalized spacial score (nSPS) is 16.5. The van der Waals surface area contributed by atoms with Crippen LogP contribution in [0.2, 0.25) is 0 Å². The van der Waals surface area contributed by atoms with Gasteiger partial charge in [-0.15, -0.1) is 0 Å². The van der Waals surface area contributed by atoms with Crippen molar-refractivity contribution in [2.75, 3.05) is 24.5 Å². The van der Waals surface area contributed by atoms with Crippen molar-refractivity contribution >= 4 is 17.5 Å². The Morgan fingerprint density at radius 1 is 1.15 bits per heavy atom. The summed E-state index contributed by atoms with van der Waals surface area (Å²) in [4.78, 5) is 28.1. The molecular weight excluding hydrogens is 422 g/mol. The summed E-state index contributed by atoms with van der Waals surface area (Å²) < 4.78 is 11.6.